The van der Waals surface area contributed by atoms with Gasteiger partial charge < -0.3 is 19.5 Å². The summed E-state index contributed by atoms with van der Waals surface area (Å²) >= 11 is 0. The van der Waals surface area contributed by atoms with E-state index < -0.39 is 22.0 Å². The van der Waals surface area contributed by atoms with Crippen LogP contribution in [0.1, 0.15) is 25.3 Å². The summed E-state index contributed by atoms with van der Waals surface area (Å²) in [5, 5.41) is 2.80. The van der Waals surface area contributed by atoms with Crippen molar-refractivity contribution in [2.45, 2.75) is 30.8 Å². The van der Waals surface area contributed by atoms with Crippen LogP contribution < -0.4 is 23.8 Å². The number of para-hydroxylation sites is 3. The van der Waals surface area contributed by atoms with Gasteiger partial charge in [-0.05, 0) is 53.9 Å². The fourth-order valence-electron chi connectivity index (χ4n) is 3.98. The van der Waals surface area contributed by atoms with Crippen molar-refractivity contribution < 1.29 is 27.4 Å². The third kappa shape index (κ3) is 5.41. The molecule has 1 aliphatic rings. The summed E-state index contributed by atoms with van der Waals surface area (Å²) in [6.45, 7) is 4.54. The number of sulfonamides is 1. The van der Waals surface area contributed by atoms with E-state index in [0.717, 1.165) is 11.3 Å². The highest BCUT2D eigenvalue weighted by atomic mass is 32.2. The number of benzene rings is 3. The lowest BCUT2D eigenvalue weighted by Gasteiger charge is -2.34. The van der Waals surface area contributed by atoms with Gasteiger partial charge in [0.25, 0.3) is 15.9 Å². The second-order valence-corrected chi connectivity index (χ2v) is 10.5. The van der Waals surface area contributed by atoms with Crippen LogP contribution >= 0.6 is 0 Å². The molecule has 36 heavy (non-hydrogen) atoms. The molecule has 1 atom stereocenters. The molecule has 9 heteroatoms. The Labute approximate surface area is 211 Å². The predicted molar refractivity (Wildman–Crippen MR) is 137 cm³/mol. The number of nitrogens with one attached hydrogen (secondary N) is 1. The van der Waals surface area contributed by atoms with Gasteiger partial charge in [0.05, 0.1) is 30.8 Å². The fourth-order valence-corrected chi connectivity index (χ4v) is 5.46. The Morgan fingerprint density at radius 3 is 2.47 bits per heavy atom. The molecule has 8 nitrogen and oxygen atoms in total. The summed E-state index contributed by atoms with van der Waals surface area (Å²) in [5.74, 6) is 1.54. The molecule has 0 aromatic heterocycles. The fraction of sp³-hybridized carbons (Fsp3) is 0.296. The third-order valence-corrected chi connectivity index (χ3v) is 7.67. The van der Waals surface area contributed by atoms with Gasteiger partial charge in [0.15, 0.2) is 6.10 Å². The molecule has 1 heterocycles. The van der Waals surface area contributed by atoms with Crippen LogP contribution in [0.25, 0.3) is 0 Å². The van der Waals surface area contributed by atoms with E-state index in [1.165, 1.54) is 23.5 Å². The lowest BCUT2D eigenvalue weighted by atomic mass is 10.0. The molecule has 190 valence electrons. The largest absolute Gasteiger partial charge is 0.497 e. The molecule has 3 aromatic rings. The van der Waals surface area contributed by atoms with Crippen LogP contribution in [0.5, 0.6) is 17.2 Å². The van der Waals surface area contributed by atoms with Gasteiger partial charge in [0, 0.05) is 0 Å². The van der Waals surface area contributed by atoms with E-state index in [1.807, 2.05) is 24.3 Å². The second-order valence-electron chi connectivity index (χ2n) is 8.62. The summed E-state index contributed by atoms with van der Waals surface area (Å²) in [4.78, 5) is 13.1. The van der Waals surface area contributed by atoms with Crippen LogP contribution in [0.3, 0.4) is 0 Å². The maximum atomic E-state index is 13.5. The zero-order chi connectivity index (χ0) is 25.7. The van der Waals surface area contributed by atoms with Gasteiger partial charge in [-0.3, -0.25) is 9.10 Å². The number of nitrogens with zero attached hydrogens (tertiary/aromatic N) is 1. The molecule has 1 N–H and O–H groups in total. The number of methoxy groups -OCH3 is 1. The van der Waals surface area contributed by atoms with Gasteiger partial charge in [0.2, 0.25) is 0 Å². The highest BCUT2D eigenvalue weighted by molar-refractivity contribution is 7.92. The Bertz CT molecular complexity index is 1310. The molecule has 0 bridgehead atoms. The van der Waals surface area contributed by atoms with Crippen LogP contribution in [0.2, 0.25) is 0 Å². The summed E-state index contributed by atoms with van der Waals surface area (Å²) in [5.41, 5.74) is 1.47. The van der Waals surface area contributed by atoms with Gasteiger partial charge in [-0.1, -0.05) is 44.2 Å². The highest BCUT2D eigenvalue weighted by Gasteiger charge is 2.37. The van der Waals surface area contributed by atoms with Crippen molar-refractivity contribution in [3.8, 4) is 17.2 Å². The van der Waals surface area contributed by atoms with Crippen molar-refractivity contribution in [1.82, 2.24) is 5.32 Å². The molecular weight excluding hydrogens is 480 g/mol. The molecule has 4 rings (SSSR count). The molecule has 3 aromatic carbocycles. The Hall–Kier alpha value is -3.72. The molecule has 0 radical (unpaired) electrons. The number of carbonyl (C=O) groups excluding carboxylic acids is 1. The Kier molecular flexibility index (Phi) is 7.69. The maximum absolute atomic E-state index is 13.5. The van der Waals surface area contributed by atoms with E-state index in [9.17, 15) is 13.2 Å². The first kappa shape index (κ1) is 25.4. The number of anilines is 1. The van der Waals surface area contributed by atoms with Crippen molar-refractivity contribution >= 4 is 21.6 Å². The van der Waals surface area contributed by atoms with Crippen LogP contribution in [0, 0.1) is 0 Å². The van der Waals surface area contributed by atoms with Crippen LogP contribution in [0.15, 0.2) is 77.7 Å². The topological polar surface area (TPSA) is 94.2 Å². The van der Waals surface area contributed by atoms with Crippen molar-refractivity contribution in [2.75, 3.05) is 31.1 Å². The first-order chi connectivity index (χ1) is 17.3. The summed E-state index contributed by atoms with van der Waals surface area (Å²) in [7, 11) is -2.43. The Morgan fingerprint density at radius 2 is 1.75 bits per heavy atom. The van der Waals surface area contributed by atoms with E-state index in [-0.39, 0.29) is 24.6 Å². The molecule has 1 aliphatic heterocycles. The standard InChI is InChI=1S/C27H30N2O6S/c1-19(2)22-8-4-6-10-24(22)34-17-16-28-27(30)26-18-29(23-9-5-7-11-25(23)35-26)36(31,32)21-14-12-20(33-3)13-15-21/h4-15,19,26H,16-18H2,1-3H3,(H,28,30)/t26-/m0/s1. The first-order valence-electron chi connectivity index (χ1n) is 11.7. The molecule has 1 amide bonds. The smallest absolute Gasteiger partial charge is 0.264 e. The van der Waals surface area contributed by atoms with Crippen LogP contribution in [-0.2, 0) is 14.8 Å². The highest BCUT2D eigenvalue weighted by Crippen LogP contribution is 2.37. The molecule has 0 unspecified atom stereocenters. The monoisotopic (exact) mass is 510 g/mol. The van der Waals surface area contributed by atoms with E-state index >= 15 is 0 Å². The Balaban J connectivity index is 1.45. The third-order valence-electron chi connectivity index (χ3n) is 5.87. The average molecular weight is 511 g/mol. The van der Waals surface area contributed by atoms with Gasteiger partial charge in [-0.15, -0.1) is 0 Å². The lowest BCUT2D eigenvalue weighted by Crippen LogP contribution is -2.51. The summed E-state index contributed by atoms with van der Waals surface area (Å²) in [6, 6.07) is 20.7. The quantitative estimate of drug-likeness (QED) is 0.438. The Morgan fingerprint density at radius 1 is 1.06 bits per heavy atom. The number of rotatable bonds is 9. The van der Waals surface area contributed by atoms with Crippen molar-refractivity contribution in [1.29, 1.82) is 0 Å². The summed E-state index contributed by atoms with van der Waals surface area (Å²) in [6.07, 6.45) is -1.02. The van der Waals surface area contributed by atoms with E-state index in [1.54, 1.807) is 36.4 Å². The minimum absolute atomic E-state index is 0.0939. The average Bonchev–Trinajstić information content (AvgIpc) is 2.90. The number of carbonyl (C=O) groups is 1. The summed E-state index contributed by atoms with van der Waals surface area (Å²) < 4.78 is 45.1. The molecular formula is C27H30N2O6S. The molecule has 0 spiro atoms. The van der Waals surface area contributed by atoms with E-state index in [2.05, 4.69) is 19.2 Å². The maximum Gasteiger partial charge on any atom is 0.264 e. The van der Waals surface area contributed by atoms with E-state index in [4.69, 9.17) is 14.2 Å². The van der Waals surface area contributed by atoms with Gasteiger partial charge in [-0.2, -0.15) is 0 Å². The first-order valence-corrected chi connectivity index (χ1v) is 13.2. The number of hydrogen-bond donors (Lipinski definition) is 1. The van der Waals surface area contributed by atoms with Gasteiger partial charge in [-0.25, -0.2) is 8.42 Å². The van der Waals surface area contributed by atoms with Crippen molar-refractivity contribution in [3.63, 3.8) is 0 Å². The number of fused-ring (bicyclic) bond motifs is 1. The van der Waals surface area contributed by atoms with Crippen molar-refractivity contribution in [2.24, 2.45) is 0 Å². The van der Waals surface area contributed by atoms with Crippen LogP contribution in [-0.4, -0.2) is 47.2 Å². The predicted octanol–water partition coefficient (Wildman–Crippen LogP) is 3.97. The van der Waals surface area contributed by atoms with Gasteiger partial charge in [0.1, 0.15) is 23.9 Å². The minimum Gasteiger partial charge on any atom is -0.497 e. The second kappa shape index (κ2) is 10.9. The zero-order valence-electron chi connectivity index (χ0n) is 20.5. The van der Waals surface area contributed by atoms with Crippen molar-refractivity contribution in [3.05, 3.63) is 78.4 Å². The molecule has 0 fully saturated rings. The van der Waals surface area contributed by atoms with E-state index in [0.29, 0.717) is 23.1 Å². The normalized spacial score (nSPS) is 15.1. The van der Waals surface area contributed by atoms with Crippen LogP contribution in [0.4, 0.5) is 5.69 Å². The SMILES string of the molecule is COc1ccc(S(=O)(=O)N2C[C@@H](C(=O)NCCOc3ccccc3C(C)C)Oc3ccccc32)cc1. The molecule has 0 saturated carbocycles. The zero-order valence-corrected chi connectivity index (χ0v) is 21.3. The molecule has 0 saturated heterocycles. The molecule has 0 aliphatic carbocycles. The number of hydrogen-bond acceptors (Lipinski definition) is 6. The van der Waals surface area contributed by atoms with Gasteiger partial charge >= 0.3 is 0 Å². The number of ether oxygens (including phenoxy) is 3. The lowest BCUT2D eigenvalue weighted by molar-refractivity contribution is -0.127. The minimum atomic E-state index is -3.95. The number of amides is 1.